The van der Waals surface area contributed by atoms with E-state index in [4.69, 9.17) is 4.84 Å². The van der Waals surface area contributed by atoms with Crippen LogP contribution in [-0.2, 0) is 4.84 Å². The molecule has 29 heavy (non-hydrogen) atoms. The zero-order chi connectivity index (χ0) is 20.5. The second kappa shape index (κ2) is 10.8. The van der Waals surface area contributed by atoms with Crippen LogP contribution in [0.3, 0.4) is 0 Å². The molecule has 1 aromatic carbocycles. The summed E-state index contributed by atoms with van der Waals surface area (Å²) in [5.41, 5.74) is 0.704. The van der Waals surface area contributed by atoms with Gasteiger partial charge in [-0.1, -0.05) is 55.6 Å². The molecule has 0 N–H and O–H groups in total. The number of carbonyl (C=O) groups excluding carboxylic acids is 2. The molecule has 0 aliphatic carbocycles. The number of Topliss-reactive ketones (excluding diaryl/α,β-unsaturated/α-hetero) is 1. The van der Waals surface area contributed by atoms with E-state index >= 15 is 0 Å². The lowest BCUT2D eigenvalue weighted by atomic mass is 10.1. The van der Waals surface area contributed by atoms with Crippen LogP contribution >= 0.6 is 22.7 Å². The Morgan fingerprint density at radius 2 is 1.76 bits per heavy atom. The summed E-state index contributed by atoms with van der Waals surface area (Å²) in [4.78, 5) is 33.1. The molecular weight excluding hydrogens is 402 g/mol. The van der Waals surface area contributed by atoms with E-state index in [-0.39, 0.29) is 5.78 Å². The quantitative estimate of drug-likeness (QED) is 0.117. The van der Waals surface area contributed by atoms with Crippen LogP contribution in [0.2, 0.25) is 0 Å². The minimum atomic E-state index is -0.560. The molecule has 0 spiro atoms. The minimum absolute atomic E-state index is 0.171. The number of carbonyl (C=O) groups is 2. The van der Waals surface area contributed by atoms with E-state index in [1.807, 2.05) is 35.7 Å². The number of oxime groups is 1. The molecule has 6 heteroatoms. The lowest BCUT2D eigenvalue weighted by Gasteiger charge is -2.05. The maximum absolute atomic E-state index is 13.0. The molecule has 0 amide bonds. The Labute approximate surface area is 178 Å². The smallest absolute Gasteiger partial charge is 0.312 e. The number of unbranched alkanes of at least 4 members (excludes halogenated alkanes) is 3. The van der Waals surface area contributed by atoms with E-state index < -0.39 is 5.97 Å². The molecule has 0 atom stereocenters. The molecule has 150 valence electrons. The van der Waals surface area contributed by atoms with Crippen LogP contribution in [-0.4, -0.2) is 17.5 Å². The van der Waals surface area contributed by atoms with Crippen molar-refractivity contribution < 1.29 is 14.4 Å². The van der Waals surface area contributed by atoms with E-state index in [0.717, 1.165) is 35.4 Å². The van der Waals surface area contributed by atoms with E-state index in [1.165, 1.54) is 11.3 Å². The van der Waals surface area contributed by atoms with Crippen LogP contribution in [0.1, 0.15) is 59.1 Å². The summed E-state index contributed by atoms with van der Waals surface area (Å²) in [7, 11) is 0. The van der Waals surface area contributed by atoms with Gasteiger partial charge in [0.05, 0.1) is 10.4 Å². The topological polar surface area (TPSA) is 55.7 Å². The molecule has 3 rings (SSSR count). The monoisotopic (exact) mass is 425 g/mol. The molecule has 2 heterocycles. The SMILES string of the molecule is CCCCCC/C(=N\OC(=O)c1ccccc1)C(=O)c1ccc(-c2cccs2)s1. The first kappa shape index (κ1) is 21.1. The van der Waals surface area contributed by atoms with Crippen LogP contribution < -0.4 is 0 Å². The van der Waals surface area contributed by atoms with Crippen molar-refractivity contribution in [2.75, 3.05) is 0 Å². The first-order valence-corrected chi connectivity index (χ1v) is 11.4. The number of hydrogen-bond donors (Lipinski definition) is 0. The van der Waals surface area contributed by atoms with Crippen LogP contribution in [0.25, 0.3) is 9.75 Å². The number of hydrogen-bond acceptors (Lipinski definition) is 6. The molecule has 0 fully saturated rings. The van der Waals surface area contributed by atoms with Gasteiger partial charge in [-0.2, -0.15) is 0 Å². The molecule has 0 unspecified atom stereocenters. The highest BCUT2D eigenvalue weighted by molar-refractivity contribution is 7.22. The maximum atomic E-state index is 13.0. The molecule has 0 aliphatic rings. The van der Waals surface area contributed by atoms with Gasteiger partial charge in [0.2, 0.25) is 5.78 Å². The van der Waals surface area contributed by atoms with Gasteiger partial charge in [-0.25, -0.2) is 4.79 Å². The summed E-state index contributed by atoms with van der Waals surface area (Å²) in [6, 6.07) is 16.5. The van der Waals surface area contributed by atoms with Crippen molar-refractivity contribution in [1.82, 2.24) is 0 Å². The molecular formula is C23H23NO3S2. The fraction of sp³-hybridized carbons (Fsp3) is 0.261. The standard InChI is InChI=1S/C23H23NO3S2/c1-2-3-4-8-12-18(24-27-23(26)17-10-6-5-7-11-17)22(25)21-15-14-20(29-21)19-13-9-16-28-19/h5-7,9-11,13-16H,2-4,8,12H2,1H3/b24-18+. The zero-order valence-corrected chi connectivity index (χ0v) is 17.9. The van der Waals surface area contributed by atoms with Crippen LogP contribution in [0.15, 0.2) is 65.1 Å². The minimum Gasteiger partial charge on any atom is -0.312 e. The van der Waals surface area contributed by atoms with Crippen molar-refractivity contribution >= 4 is 40.1 Å². The average molecular weight is 426 g/mol. The molecule has 3 aromatic rings. The Morgan fingerprint density at radius 3 is 2.48 bits per heavy atom. The van der Waals surface area contributed by atoms with Gasteiger partial charge in [-0.05, 0) is 48.6 Å². The van der Waals surface area contributed by atoms with Crippen LogP contribution in [0, 0.1) is 0 Å². The number of ketones is 1. The third kappa shape index (κ3) is 5.95. The first-order chi connectivity index (χ1) is 14.2. The normalized spacial score (nSPS) is 11.4. The van der Waals surface area contributed by atoms with Crippen molar-refractivity contribution in [3.05, 3.63) is 70.4 Å². The van der Waals surface area contributed by atoms with Gasteiger partial charge in [0, 0.05) is 9.75 Å². The largest absolute Gasteiger partial charge is 0.365 e. The zero-order valence-electron chi connectivity index (χ0n) is 16.3. The van der Waals surface area contributed by atoms with Gasteiger partial charge in [-0.15, -0.1) is 22.7 Å². The van der Waals surface area contributed by atoms with Gasteiger partial charge in [0.15, 0.2) is 0 Å². The fourth-order valence-electron chi connectivity index (χ4n) is 2.80. The molecule has 0 saturated carbocycles. The number of benzene rings is 1. The molecule has 4 nitrogen and oxygen atoms in total. The Hall–Kier alpha value is -2.57. The Kier molecular flexibility index (Phi) is 7.90. The first-order valence-electron chi connectivity index (χ1n) is 9.70. The summed E-state index contributed by atoms with van der Waals surface area (Å²) >= 11 is 3.08. The summed E-state index contributed by atoms with van der Waals surface area (Å²) in [6.07, 6.45) is 4.56. The summed E-state index contributed by atoms with van der Waals surface area (Å²) in [5.74, 6) is -0.731. The summed E-state index contributed by atoms with van der Waals surface area (Å²) < 4.78 is 0. The highest BCUT2D eigenvalue weighted by atomic mass is 32.1. The Bertz CT molecular complexity index is 959. The maximum Gasteiger partial charge on any atom is 0.365 e. The van der Waals surface area contributed by atoms with Gasteiger partial charge < -0.3 is 4.84 Å². The van der Waals surface area contributed by atoms with Gasteiger partial charge in [0.1, 0.15) is 5.71 Å². The highest BCUT2D eigenvalue weighted by Gasteiger charge is 2.19. The summed E-state index contributed by atoms with van der Waals surface area (Å²) in [5, 5.41) is 5.99. The predicted molar refractivity (Wildman–Crippen MR) is 120 cm³/mol. The van der Waals surface area contributed by atoms with Crippen molar-refractivity contribution in [3.8, 4) is 9.75 Å². The Balaban J connectivity index is 1.75. The van der Waals surface area contributed by atoms with Crippen LogP contribution in [0.5, 0.6) is 0 Å². The molecule has 2 aromatic heterocycles. The van der Waals surface area contributed by atoms with Crippen molar-refractivity contribution in [1.29, 1.82) is 0 Å². The number of nitrogens with zero attached hydrogens (tertiary/aromatic N) is 1. The third-order valence-corrected chi connectivity index (χ3v) is 6.52. The van der Waals surface area contributed by atoms with Crippen molar-refractivity contribution in [2.24, 2.45) is 5.16 Å². The van der Waals surface area contributed by atoms with Crippen LogP contribution in [0.4, 0.5) is 0 Å². The molecule has 0 radical (unpaired) electrons. The molecule has 0 bridgehead atoms. The predicted octanol–water partition coefficient (Wildman–Crippen LogP) is 6.84. The molecule has 0 aliphatic heterocycles. The molecule has 0 saturated heterocycles. The second-order valence-electron chi connectivity index (χ2n) is 6.56. The van der Waals surface area contributed by atoms with Gasteiger partial charge >= 0.3 is 5.97 Å². The van der Waals surface area contributed by atoms with E-state index in [1.54, 1.807) is 35.6 Å². The number of rotatable bonds is 10. The van der Waals surface area contributed by atoms with Crippen molar-refractivity contribution in [2.45, 2.75) is 39.0 Å². The fourth-order valence-corrected chi connectivity index (χ4v) is 4.60. The Morgan fingerprint density at radius 1 is 0.931 bits per heavy atom. The van der Waals surface area contributed by atoms with E-state index in [2.05, 4.69) is 12.1 Å². The average Bonchev–Trinajstić information content (AvgIpc) is 3.45. The van der Waals surface area contributed by atoms with Crippen molar-refractivity contribution in [3.63, 3.8) is 0 Å². The lowest BCUT2D eigenvalue weighted by molar-refractivity contribution is 0.0514. The van der Waals surface area contributed by atoms with Gasteiger partial charge in [-0.3, -0.25) is 4.79 Å². The summed E-state index contributed by atoms with van der Waals surface area (Å²) in [6.45, 7) is 2.14. The second-order valence-corrected chi connectivity index (χ2v) is 8.60. The third-order valence-electron chi connectivity index (χ3n) is 4.37. The lowest BCUT2D eigenvalue weighted by Crippen LogP contribution is -2.15. The van der Waals surface area contributed by atoms with Gasteiger partial charge in [0.25, 0.3) is 0 Å². The number of thiophene rings is 2. The van der Waals surface area contributed by atoms with E-state index in [9.17, 15) is 9.59 Å². The van der Waals surface area contributed by atoms with E-state index in [0.29, 0.717) is 22.6 Å². The highest BCUT2D eigenvalue weighted by Crippen LogP contribution is 2.32.